The average Bonchev–Trinajstić information content (AvgIpc) is 2.38. The second-order valence-corrected chi connectivity index (χ2v) is 9.93. The van der Waals surface area contributed by atoms with Crippen LogP contribution in [0.3, 0.4) is 0 Å². The summed E-state index contributed by atoms with van der Waals surface area (Å²) in [5.74, 6) is 0. The summed E-state index contributed by atoms with van der Waals surface area (Å²) in [6, 6.07) is 0. The van der Waals surface area contributed by atoms with E-state index in [2.05, 4.69) is 13.8 Å². The smallest absolute Gasteiger partial charge is 0.516 e. The average molecular weight is 332 g/mol. The first kappa shape index (κ1) is 23.9. The molecule has 0 atom stereocenters. The minimum atomic E-state index is -2.39. The van der Waals surface area contributed by atoms with Crippen molar-refractivity contribution in [2.24, 2.45) is 0 Å². The molecule has 0 spiro atoms. The van der Waals surface area contributed by atoms with E-state index in [-0.39, 0.29) is 18.9 Å². The molecule has 6 heteroatoms. The Kier molecular flexibility index (Phi) is 20.3. The molecule has 0 heterocycles. The molecule has 20 heavy (non-hydrogen) atoms. The monoisotopic (exact) mass is 332 g/mol. The molecule has 0 bridgehead atoms. The van der Waals surface area contributed by atoms with Crippen LogP contribution in [0.2, 0.25) is 0 Å². The molecule has 116 valence electrons. The van der Waals surface area contributed by atoms with E-state index in [1.165, 1.54) is 51.4 Å². The SMILES string of the molecule is CCCCCCCO[P+]([S-])([S-])OCCCCCCC.[Li+]. The van der Waals surface area contributed by atoms with Gasteiger partial charge >= 0.3 is 18.9 Å². The molecule has 0 amide bonds. The maximum Gasteiger partial charge on any atom is 1.00 e. The van der Waals surface area contributed by atoms with Crippen molar-refractivity contribution in [3.05, 3.63) is 0 Å². The molecule has 0 rings (SSSR count). The molecule has 0 aromatic heterocycles. The molecule has 0 fully saturated rings. The summed E-state index contributed by atoms with van der Waals surface area (Å²) in [6.45, 7) is 5.77. The van der Waals surface area contributed by atoms with E-state index < -0.39 is 6.12 Å². The standard InChI is InChI=1S/C14H31O2PS2.Li/c1-3-5-7-9-11-13-15-17(18,19)16-14-12-10-8-6-4-2;/h3-14H2,1-2H3,(H,18,19);/q;+1/p-1. The van der Waals surface area contributed by atoms with Gasteiger partial charge in [-0.2, -0.15) is 0 Å². The molecule has 0 aliphatic carbocycles. The first-order chi connectivity index (χ1) is 9.12. The fourth-order valence-electron chi connectivity index (χ4n) is 1.80. The van der Waals surface area contributed by atoms with Gasteiger partial charge in [0.15, 0.2) is 0 Å². The minimum absolute atomic E-state index is 0. The van der Waals surface area contributed by atoms with Crippen LogP contribution in [0.1, 0.15) is 78.1 Å². The summed E-state index contributed by atoms with van der Waals surface area (Å²) in [5.41, 5.74) is 0. The number of hydrogen-bond donors (Lipinski definition) is 0. The van der Waals surface area contributed by atoms with Crippen molar-refractivity contribution >= 4 is 30.6 Å². The van der Waals surface area contributed by atoms with Gasteiger partial charge in [-0.1, -0.05) is 65.2 Å². The molecule has 0 saturated carbocycles. The fraction of sp³-hybridized carbons (Fsp3) is 1.00. The number of rotatable bonds is 14. The Hall–Kier alpha value is 1.65. The Labute approximate surface area is 149 Å². The van der Waals surface area contributed by atoms with E-state index >= 15 is 0 Å². The van der Waals surface area contributed by atoms with Crippen molar-refractivity contribution in [2.75, 3.05) is 13.2 Å². The first-order valence-corrected chi connectivity index (χ1v) is 11.4. The van der Waals surface area contributed by atoms with Crippen molar-refractivity contribution in [3.8, 4) is 0 Å². The summed E-state index contributed by atoms with van der Waals surface area (Å²) in [6.07, 6.45) is 9.81. The maximum absolute atomic E-state index is 5.56. The molecule has 0 aliphatic rings. The summed E-state index contributed by atoms with van der Waals surface area (Å²) in [7, 11) is 0. The molecule has 0 N–H and O–H groups in total. The van der Waals surface area contributed by atoms with Gasteiger partial charge in [-0.3, -0.25) is 9.05 Å². The van der Waals surface area contributed by atoms with Crippen molar-refractivity contribution in [2.45, 2.75) is 78.1 Å². The minimum Gasteiger partial charge on any atom is -0.516 e. The normalized spacial score (nSPS) is 11.4. The Morgan fingerprint density at radius 3 is 1.35 bits per heavy atom. The van der Waals surface area contributed by atoms with Gasteiger partial charge in [0.1, 0.15) is 0 Å². The Balaban J connectivity index is 0. The zero-order chi connectivity index (χ0) is 14.4. The molecule has 2 nitrogen and oxygen atoms in total. The van der Waals surface area contributed by atoms with E-state index in [1.54, 1.807) is 0 Å². The maximum atomic E-state index is 5.56. The van der Waals surface area contributed by atoms with Crippen LogP contribution in [-0.4, -0.2) is 13.2 Å². The van der Waals surface area contributed by atoms with E-state index in [0.29, 0.717) is 13.2 Å². The molecular formula is C14H30LiO2PS2. The molecule has 0 aromatic carbocycles. The van der Waals surface area contributed by atoms with Crippen LogP contribution >= 0.6 is 6.12 Å². The van der Waals surface area contributed by atoms with Gasteiger partial charge in [-0.05, 0) is 12.8 Å². The second kappa shape index (κ2) is 17.0. The summed E-state index contributed by atoms with van der Waals surface area (Å²) >= 11 is 10.5. The predicted octanol–water partition coefficient (Wildman–Crippen LogP) is 2.74. The molecule has 0 saturated heterocycles. The largest absolute Gasteiger partial charge is 1.00 e. The third kappa shape index (κ3) is 17.7. The van der Waals surface area contributed by atoms with Crippen LogP contribution < -0.4 is 18.9 Å². The first-order valence-electron chi connectivity index (χ1n) is 7.72. The van der Waals surface area contributed by atoms with Crippen LogP contribution in [-0.2, 0) is 33.5 Å². The van der Waals surface area contributed by atoms with Crippen molar-refractivity contribution in [1.82, 2.24) is 0 Å². The van der Waals surface area contributed by atoms with E-state index in [1.807, 2.05) is 0 Å². The summed E-state index contributed by atoms with van der Waals surface area (Å²) in [5, 5.41) is 0. The summed E-state index contributed by atoms with van der Waals surface area (Å²) < 4.78 is 11.1. The molecule has 0 aromatic rings. The van der Waals surface area contributed by atoms with Crippen molar-refractivity contribution < 1.29 is 27.9 Å². The number of unbranched alkanes of at least 4 members (excludes halogenated alkanes) is 8. The Bertz CT molecular complexity index is 180. The predicted molar refractivity (Wildman–Crippen MR) is 91.1 cm³/mol. The van der Waals surface area contributed by atoms with Crippen LogP contribution in [0, 0.1) is 0 Å². The molecule has 0 unspecified atom stereocenters. The molecule has 0 radical (unpaired) electrons. The van der Waals surface area contributed by atoms with E-state index in [9.17, 15) is 0 Å². The summed E-state index contributed by atoms with van der Waals surface area (Å²) in [4.78, 5) is 0. The van der Waals surface area contributed by atoms with E-state index in [0.717, 1.165) is 12.8 Å². The van der Waals surface area contributed by atoms with Gasteiger partial charge in [0, 0.05) is 6.12 Å². The van der Waals surface area contributed by atoms with Crippen LogP contribution in [0.4, 0.5) is 0 Å². The third-order valence-corrected chi connectivity index (χ3v) is 5.26. The van der Waals surface area contributed by atoms with Crippen LogP contribution in [0.15, 0.2) is 0 Å². The second-order valence-electron chi connectivity index (χ2n) is 4.94. The Morgan fingerprint density at radius 1 is 0.650 bits per heavy atom. The van der Waals surface area contributed by atoms with Gasteiger partial charge in [0.25, 0.3) is 0 Å². The topological polar surface area (TPSA) is 18.5 Å². The van der Waals surface area contributed by atoms with Crippen molar-refractivity contribution in [1.29, 1.82) is 0 Å². The molecular weight excluding hydrogens is 302 g/mol. The zero-order valence-electron chi connectivity index (χ0n) is 13.6. The number of hydrogen-bond acceptors (Lipinski definition) is 4. The van der Waals surface area contributed by atoms with Gasteiger partial charge in [0.2, 0.25) is 0 Å². The van der Waals surface area contributed by atoms with Gasteiger partial charge < -0.3 is 24.5 Å². The Morgan fingerprint density at radius 2 is 1.00 bits per heavy atom. The zero-order valence-corrected chi connectivity index (χ0v) is 16.1. The van der Waals surface area contributed by atoms with Crippen LogP contribution in [0.5, 0.6) is 0 Å². The van der Waals surface area contributed by atoms with Crippen molar-refractivity contribution in [3.63, 3.8) is 0 Å². The van der Waals surface area contributed by atoms with Gasteiger partial charge in [-0.25, -0.2) is 0 Å². The van der Waals surface area contributed by atoms with Crippen LogP contribution in [0.25, 0.3) is 0 Å². The molecule has 0 aliphatic heterocycles. The van der Waals surface area contributed by atoms with Gasteiger partial charge in [0.05, 0.1) is 13.2 Å². The fourth-order valence-corrected chi connectivity index (χ4v) is 3.48. The van der Waals surface area contributed by atoms with Gasteiger partial charge in [-0.15, -0.1) is 0 Å². The quantitative estimate of drug-likeness (QED) is 0.211. The third-order valence-electron chi connectivity index (χ3n) is 2.99. The van der Waals surface area contributed by atoms with E-state index in [4.69, 9.17) is 33.5 Å².